The topological polar surface area (TPSA) is 41.6 Å². The first-order chi connectivity index (χ1) is 8.76. The van der Waals surface area contributed by atoms with E-state index in [1.165, 1.54) is 32.1 Å². The van der Waals surface area contributed by atoms with Gasteiger partial charge in [-0.05, 0) is 52.1 Å². The SMILES string of the molecule is CCOC(=O)C(CN1CCCC2CCCC21)NC. The third-order valence-corrected chi connectivity index (χ3v) is 4.44. The van der Waals surface area contributed by atoms with Gasteiger partial charge in [-0.25, -0.2) is 0 Å². The molecule has 104 valence electrons. The van der Waals surface area contributed by atoms with E-state index in [9.17, 15) is 4.79 Å². The number of carbonyl (C=O) groups excluding carboxylic acids is 1. The smallest absolute Gasteiger partial charge is 0.324 e. The van der Waals surface area contributed by atoms with E-state index in [-0.39, 0.29) is 12.0 Å². The predicted octanol–water partition coefficient (Wildman–Crippen LogP) is 1.40. The molecule has 1 aliphatic carbocycles. The third-order valence-electron chi connectivity index (χ3n) is 4.44. The summed E-state index contributed by atoms with van der Waals surface area (Å²) in [6.07, 6.45) is 6.70. The summed E-state index contributed by atoms with van der Waals surface area (Å²) in [6.45, 7) is 4.26. The Balaban J connectivity index is 1.91. The van der Waals surface area contributed by atoms with Gasteiger partial charge in [0.05, 0.1) is 6.61 Å². The number of ether oxygens (including phenoxy) is 1. The van der Waals surface area contributed by atoms with Crippen molar-refractivity contribution in [1.29, 1.82) is 0 Å². The Morgan fingerprint density at radius 3 is 2.89 bits per heavy atom. The highest BCUT2D eigenvalue weighted by Gasteiger charge is 2.36. The largest absolute Gasteiger partial charge is 0.465 e. The summed E-state index contributed by atoms with van der Waals surface area (Å²) < 4.78 is 5.12. The molecule has 4 heteroatoms. The summed E-state index contributed by atoms with van der Waals surface area (Å²) >= 11 is 0. The zero-order valence-electron chi connectivity index (χ0n) is 11.7. The number of hydrogen-bond acceptors (Lipinski definition) is 4. The van der Waals surface area contributed by atoms with Gasteiger partial charge >= 0.3 is 5.97 Å². The summed E-state index contributed by atoms with van der Waals surface area (Å²) in [5.74, 6) is 0.763. The molecule has 0 amide bonds. The monoisotopic (exact) mass is 254 g/mol. The van der Waals surface area contributed by atoms with E-state index >= 15 is 0 Å². The molecule has 0 radical (unpaired) electrons. The molecule has 0 aromatic rings. The van der Waals surface area contributed by atoms with Crippen LogP contribution in [0.2, 0.25) is 0 Å². The average molecular weight is 254 g/mol. The predicted molar refractivity (Wildman–Crippen MR) is 71.4 cm³/mol. The highest BCUT2D eigenvalue weighted by Crippen LogP contribution is 2.36. The van der Waals surface area contributed by atoms with Gasteiger partial charge in [0.25, 0.3) is 0 Å². The zero-order chi connectivity index (χ0) is 13.0. The Bertz CT molecular complexity index is 283. The first kappa shape index (κ1) is 13.8. The lowest BCUT2D eigenvalue weighted by Gasteiger charge is -2.39. The van der Waals surface area contributed by atoms with Crippen molar-refractivity contribution in [3.63, 3.8) is 0 Å². The number of nitrogens with zero attached hydrogens (tertiary/aromatic N) is 1. The highest BCUT2D eigenvalue weighted by atomic mass is 16.5. The molecule has 1 heterocycles. The van der Waals surface area contributed by atoms with Crippen molar-refractivity contribution >= 4 is 5.97 Å². The van der Waals surface area contributed by atoms with Crippen molar-refractivity contribution in [2.24, 2.45) is 5.92 Å². The van der Waals surface area contributed by atoms with Crippen LogP contribution in [0.15, 0.2) is 0 Å². The summed E-state index contributed by atoms with van der Waals surface area (Å²) in [6, 6.07) is 0.535. The van der Waals surface area contributed by atoms with E-state index in [0.29, 0.717) is 12.6 Å². The van der Waals surface area contributed by atoms with Crippen LogP contribution in [0.5, 0.6) is 0 Å². The molecule has 3 atom stereocenters. The van der Waals surface area contributed by atoms with Crippen molar-refractivity contribution in [1.82, 2.24) is 10.2 Å². The van der Waals surface area contributed by atoms with Crippen LogP contribution in [0.1, 0.15) is 39.0 Å². The molecular formula is C14H26N2O2. The standard InChI is InChI=1S/C14H26N2O2/c1-3-18-14(17)12(15-2)10-16-9-5-7-11-6-4-8-13(11)16/h11-13,15H,3-10H2,1-2H3. The summed E-state index contributed by atoms with van der Waals surface area (Å²) in [7, 11) is 1.84. The van der Waals surface area contributed by atoms with E-state index in [0.717, 1.165) is 19.0 Å². The Morgan fingerprint density at radius 1 is 1.39 bits per heavy atom. The lowest BCUT2D eigenvalue weighted by molar-refractivity contribution is -0.146. The highest BCUT2D eigenvalue weighted by molar-refractivity contribution is 5.76. The van der Waals surface area contributed by atoms with Crippen molar-refractivity contribution in [3.8, 4) is 0 Å². The lowest BCUT2D eigenvalue weighted by Crippen LogP contribution is -2.51. The maximum Gasteiger partial charge on any atom is 0.324 e. The molecule has 1 N–H and O–H groups in total. The molecule has 0 spiro atoms. The van der Waals surface area contributed by atoms with E-state index < -0.39 is 0 Å². The number of rotatable bonds is 5. The van der Waals surface area contributed by atoms with E-state index in [4.69, 9.17) is 4.74 Å². The number of carbonyl (C=O) groups is 1. The number of esters is 1. The average Bonchev–Trinajstić information content (AvgIpc) is 2.85. The van der Waals surface area contributed by atoms with Crippen LogP contribution in [-0.4, -0.2) is 49.7 Å². The fourth-order valence-electron chi connectivity index (χ4n) is 3.54. The molecule has 1 saturated heterocycles. The quantitative estimate of drug-likeness (QED) is 0.753. The van der Waals surface area contributed by atoms with Crippen molar-refractivity contribution in [2.75, 3.05) is 26.7 Å². The second-order valence-corrected chi connectivity index (χ2v) is 5.49. The number of piperidine rings is 1. The van der Waals surface area contributed by atoms with Crippen LogP contribution in [0.4, 0.5) is 0 Å². The van der Waals surface area contributed by atoms with Gasteiger partial charge in [-0.15, -0.1) is 0 Å². The first-order valence-corrected chi connectivity index (χ1v) is 7.34. The van der Waals surface area contributed by atoms with Crippen LogP contribution >= 0.6 is 0 Å². The number of fused-ring (bicyclic) bond motifs is 1. The van der Waals surface area contributed by atoms with Crippen molar-refractivity contribution in [3.05, 3.63) is 0 Å². The van der Waals surface area contributed by atoms with Crippen LogP contribution in [0, 0.1) is 5.92 Å². The normalized spacial score (nSPS) is 29.9. The van der Waals surface area contributed by atoms with E-state index in [1.54, 1.807) is 0 Å². The molecule has 0 bridgehead atoms. The second kappa shape index (κ2) is 6.53. The lowest BCUT2D eigenvalue weighted by atomic mass is 9.91. The molecule has 1 aliphatic heterocycles. The van der Waals surface area contributed by atoms with Crippen LogP contribution in [0.3, 0.4) is 0 Å². The molecular weight excluding hydrogens is 228 g/mol. The molecule has 1 saturated carbocycles. The third kappa shape index (κ3) is 3.04. The van der Waals surface area contributed by atoms with Crippen molar-refractivity contribution in [2.45, 2.75) is 51.1 Å². The zero-order valence-corrected chi connectivity index (χ0v) is 11.7. The fraction of sp³-hybridized carbons (Fsp3) is 0.929. The molecule has 18 heavy (non-hydrogen) atoms. The minimum Gasteiger partial charge on any atom is -0.465 e. The minimum absolute atomic E-state index is 0.111. The van der Waals surface area contributed by atoms with Gasteiger partial charge in [0.15, 0.2) is 0 Å². The van der Waals surface area contributed by atoms with Gasteiger partial charge in [-0.3, -0.25) is 9.69 Å². The van der Waals surface area contributed by atoms with E-state index in [1.807, 2.05) is 14.0 Å². The summed E-state index contributed by atoms with van der Waals surface area (Å²) in [5, 5.41) is 3.10. The molecule has 0 aromatic heterocycles. The molecule has 2 aliphatic rings. The van der Waals surface area contributed by atoms with Gasteiger partial charge in [0.1, 0.15) is 6.04 Å². The number of likely N-dealkylation sites (tertiary alicyclic amines) is 1. The van der Waals surface area contributed by atoms with Crippen LogP contribution < -0.4 is 5.32 Å². The van der Waals surface area contributed by atoms with Gasteiger partial charge in [-0.1, -0.05) is 6.42 Å². The second-order valence-electron chi connectivity index (χ2n) is 5.49. The molecule has 3 unspecified atom stereocenters. The molecule has 0 aromatic carbocycles. The maximum absolute atomic E-state index is 11.8. The Hall–Kier alpha value is -0.610. The molecule has 2 fully saturated rings. The van der Waals surface area contributed by atoms with Crippen molar-refractivity contribution < 1.29 is 9.53 Å². The maximum atomic E-state index is 11.8. The minimum atomic E-state index is -0.177. The van der Waals surface area contributed by atoms with E-state index in [2.05, 4.69) is 10.2 Å². The summed E-state index contributed by atoms with van der Waals surface area (Å²) in [5.41, 5.74) is 0. The van der Waals surface area contributed by atoms with Crippen LogP contribution in [-0.2, 0) is 9.53 Å². The number of hydrogen-bond donors (Lipinski definition) is 1. The van der Waals surface area contributed by atoms with Gasteiger partial charge in [0.2, 0.25) is 0 Å². The summed E-state index contributed by atoms with van der Waals surface area (Å²) in [4.78, 5) is 14.3. The number of likely N-dealkylation sites (N-methyl/N-ethyl adjacent to an activating group) is 1. The Morgan fingerprint density at radius 2 is 2.17 bits per heavy atom. The van der Waals surface area contributed by atoms with Gasteiger partial charge in [-0.2, -0.15) is 0 Å². The Labute approximate surface area is 110 Å². The molecule has 2 rings (SSSR count). The van der Waals surface area contributed by atoms with Gasteiger partial charge in [0, 0.05) is 12.6 Å². The van der Waals surface area contributed by atoms with Crippen LogP contribution in [0.25, 0.3) is 0 Å². The Kier molecular flexibility index (Phi) is 5.01. The first-order valence-electron chi connectivity index (χ1n) is 7.34. The molecule has 4 nitrogen and oxygen atoms in total. The number of nitrogens with one attached hydrogen (secondary N) is 1. The van der Waals surface area contributed by atoms with Gasteiger partial charge < -0.3 is 10.1 Å². The fourth-order valence-corrected chi connectivity index (χ4v) is 3.54.